The Labute approximate surface area is 195 Å². The lowest BCUT2D eigenvalue weighted by Gasteiger charge is -2.44. The lowest BCUT2D eigenvalue weighted by atomic mass is 9.72. The molecule has 2 aliphatic heterocycles. The smallest absolute Gasteiger partial charge is 0.230 e. The number of carbonyl (C=O) groups is 3. The predicted octanol–water partition coefficient (Wildman–Crippen LogP) is 2.47. The minimum Gasteiger partial charge on any atom is -0.348 e. The van der Waals surface area contributed by atoms with Crippen molar-refractivity contribution in [3.63, 3.8) is 0 Å². The van der Waals surface area contributed by atoms with E-state index in [2.05, 4.69) is 17.1 Å². The summed E-state index contributed by atoms with van der Waals surface area (Å²) in [5.74, 6) is -0.286. The van der Waals surface area contributed by atoms with Gasteiger partial charge in [0.1, 0.15) is 0 Å². The molecule has 3 amide bonds. The fourth-order valence-corrected chi connectivity index (χ4v) is 5.32. The molecule has 33 heavy (non-hydrogen) atoms. The van der Waals surface area contributed by atoms with Crippen LogP contribution in [0.5, 0.6) is 0 Å². The molecule has 7 nitrogen and oxygen atoms in total. The van der Waals surface area contributed by atoms with Crippen molar-refractivity contribution >= 4 is 17.7 Å². The SMILES string of the molecule is CN(C)C(=O)[C@@]1(Cc2ccccc2-c2cccnc2)CCCN(C(=O)[C@H]2CC(=O)N(C)C2)C1. The first kappa shape index (κ1) is 23.0. The van der Waals surface area contributed by atoms with Crippen molar-refractivity contribution in [1.82, 2.24) is 19.7 Å². The molecular formula is C26H32N4O3. The maximum Gasteiger partial charge on any atom is 0.230 e. The molecule has 2 atom stereocenters. The summed E-state index contributed by atoms with van der Waals surface area (Å²) in [4.78, 5) is 48.3. The summed E-state index contributed by atoms with van der Waals surface area (Å²) < 4.78 is 0. The van der Waals surface area contributed by atoms with Gasteiger partial charge in [-0.1, -0.05) is 30.3 Å². The number of pyridine rings is 1. The normalized spacial score (nSPS) is 23.0. The van der Waals surface area contributed by atoms with Crippen LogP contribution in [0.1, 0.15) is 24.8 Å². The number of benzene rings is 1. The molecule has 0 N–H and O–H groups in total. The highest BCUT2D eigenvalue weighted by Gasteiger charge is 2.46. The van der Waals surface area contributed by atoms with Crippen LogP contribution in [-0.4, -0.2) is 78.2 Å². The zero-order chi connectivity index (χ0) is 23.6. The first-order valence-corrected chi connectivity index (χ1v) is 11.5. The van der Waals surface area contributed by atoms with Gasteiger partial charge in [-0.15, -0.1) is 0 Å². The first-order valence-electron chi connectivity index (χ1n) is 11.5. The zero-order valence-corrected chi connectivity index (χ0v) is 19.7. The van der Waals surface area contributed by atoms with Crippen LogP contribution in [0.4, 0.5) is 0 Å². The Bertz CT molecular complexity index is 1040. The molecule has 0 aliphatic carbocycles. The van der Waals surface area contributed by atoms with Crippen LogP contribution in [-0.2, 0) is 20.8 Å². The van der Waals surface area contributed by atoms with Gasteiger partial charge in [-0.2, -0.15) is 0 Å². The Kier molecular flexibility index (Phi) is 6.49. The van der Waals surface area contributed by atoms with E-state index in [1.165, 1.54) is 0 Å². The zero-order valence-electron chi connectivity index (χ0n) is 19.7. The van der Waals surface area contributed by atoms with Crippen LogP contribution < -0.4 is 0 Å². The molecule has 2 aliphatic rings. The molecule has 2 fully saturated rings. The van der Waals surface area contributed by atoms with E-state index < -0.39 is 5.41 Å². The molecule has 0 unspecified atom stereocenters. The van der Waals surface area contributed by atoms with Gasteiger partial charge in [-0.3, -0.25) is 19.4 Å². The number of likely N-dealkylation sites (tertiary alicyclic amines) is 2. The van der Waals surface area contributed by atoms with Gasteiger partial charge in [0.05, 0.1) is 11.3 Å². The molecule has 0 radical (unpaired) electrons. The van der Waals surface area contributed by atoms with Crippen molar-refractivity contribution in [3.05, 3.63) is 54.4 Å². The quantitative estimate of drug-likeness (QED) is 0.704. The topological polar surface area (TPSA) is 73.8 Å². The third kappa shape index (κ3) is 4.63. The molecule has 0 saturated carbocycles. The average Bonchev–Trinajstić information content (AvgIpc) is 3.17. The molecule has 3 heterocycles. The first-order chi connectivity index (χ1) is 15.8. The summed E-state index contributed by atoms with van der Waals surface area (Å²) in [5, 5.41) is 0. The standard InChI is InChI=1S/C26H32N4O3/c1-28(2)25(33)26(15-19-8-4-5-10-22(19)20-9-6-12-27-16-20)11-7-13-30(18-26)24(32)21-14-23(31)29(3)17-21/h4-6,8-10,12,16,21H,7,11,13-15,17-18H2,1-3H3/t21-,26+/m0/s1. The number of nitrogens with zero attached hydrogens (tertiary/aromatic N) is 4. The number of carbonyl (C=O) groups excluding carboxylic acids is 3. The van der Waals surface area contributed by atoms with Crippen LogP contribution in [0, 0.1) is 11.3 Å². The lowest BCUT2D eigenvalue weighted by molar-refractivity contribution is -0.149. The molecule has 7 heteroatoms. The average molecular weight is 449 g/mol. The minimum absolute atomic E-state index is 0.00592. The number of rotatable bonds is 5. The Morgan fingerprint density at radius 2 is 1.97 bits per heavy atom. The number of hydrogen-bond donors (Lipinski definition) is 0. The Balaban J connectivity index is 1.65. The summed E-state index contributed by atoms with van der Waals surface area (Å²) in [6, 6.07) is 12.1. The Morgan fingerprint density at radius 3 is 2.64 bits per heavy atom. The second-order valence-electron chi connectivity index (χ2n) is 9.59. The van der Waals surface area contributed by atoms with E-state index in [1.54, 1.807) is 37.1 Å². The van der Waals surface area contributed by atoms with Gasteiger partial charge < -0.3 is 14.7 Å². The van der Waals surface area contributed by atoms with Crippen molar-refractivity contribution in [1.29, 1.82) is 0 Å². The van der Waals surface area contributed by atoms with Crippen LogP contribution in [0.3, 0.4) is 0 Å². The predicted molar refractivity (Wildman–Crippen MR) is 126 cm³/mol. The molecule has 0 bridgehead atoms. The summed E-state index contributed by atoms with van der Waals surface area (Å²) >= 11 is 0. The Morgan fingerprint density at radius 1 is 1.18 bits per heavy atom. The molecule has 1 aromatic carbocycles. The van der Waals surface area contributed by atoms with Crippen molar-refractivity contribution in [2.45, 2.75) is 25.7 Å². The minimum atomic E-state index is -0.704. The van der Waals surface area contributed by atoms with Crippen LogP contribution >= 0.6 is 0 Å². The van der Waals surface area contributed by atoms with E-state index in [0.717, 1.165) is 29.5 Å². The van der Waals surface area contributed by atoms with Crippen molar-refractivity contribution in [2.75, 3.05) is 40.8 Å². The molecule has 174 valence electrons. The van der Waals surface area contributed by atoms with Gasteiger partial charge in [0.25, 0.3) is 0 Å². The van der Waals surface area contributed by atoms with E-state index in [1.807, 2.05) is 35.4 Å². The maximum absolute atomic E-state index is 13.6. The maximum atomic E-state index is 13.6. The fourth-order valence-electron chi connectivity index (χ4n) is 5.32. The largest absolute Gasteiger partial charge is 0.348 e. The third-order valence-corrected chi connectivity index (χ3v) is 6.96. The molecule has 2 saturated heterocycles. The molecule has 0 spiro atoms. The van der Waals surface area contributed by atoms with Crippen LogP contribution in [0.2, 0.25) is 0 Å². The highest BCUT2D eigenvalue weighted by atomic mass is 16.2. The van der Waals surface area contributed by atoms with Gasteiger partial charge >= 0.3 is 0 Å². The highest BCUT2D eigenvalue weighted by molar-refractivity contribution is 5.90. The van der Waals surface area contributed by atoms with Gasteiger partial charge in [0.2, 0.25) is 17.7 Å². The summed E-state index contributed by atoms with van der Waals surface area (Å²) in [7, 11) is 5.30. The van der Waals surface area contributed by atoms with Crippen molar-refractivity contribution in [3.8, 4) is 11.1 Å². The van der Waals surface area contributed by atoms with Gasteiger partial charge in [0.15, 0.2) is 0 Å². The van der Waals surface area contributed by atoms with E-state index in [4.69, 9.17) is 0 Å². The summed E-state index contributed by atoms with van der Waals surface area (Å²) in [6.07, 6.45) is 5.87. The highest BCUT2D eigenvalue weighted by Crippen LogP contribution is 2.39. The molecule has 4 rings (SSSR count). The van der Waals surface area contributed by atoms with Gasteiger partial charge in [0, 0.05) is 65.2 Å². The second-order valence-corrected chi connectivity index (χ2v) is 9.59. The summed E-state index contributed by atoms with van der Waals surface area (Å²) in [5.41, 5.74) is 2.44. The number of amides is 3. The second kappa shape index (κ2) is 9.33. The molecular weight excluding hydrogens is 416 g/mol. The van der Waals surface area contributed by atoms with Crippen molar-refractivity contribution in [2.24, 2.45) is 11.3 Å². The van der Waals surface area contributed by atoms with Gasteiger partial charge in [-0.05, 0) is 36.5 Å². The van der Waals surface area contributed by atoms with Crippen LogP contribution in [0.15, 0.2) is 48.8 Å². The fraction of sp³-hybridized carbons (Fsp3) is 0.462. The molecule has 2 aromatic rings. The third-order valence-electron chi connectivity index (χ3n) is 6.96. The van der Waals surface area contributed by atoms with E-state index in [9.17, 15) is 14.4 Å². The summed E-state index contributed by atoms with van der Waals surface area (Å²) in [6.45, 7) is 1.45. The van der Waals surface area contributed by atoms with Crippen molar-refractivity contribution < 1.29 is 14.4 Å². The van der Waals surface area contributed by atoms with Gasteiger partial charge in [-0.25, -0.2) is 0 Å². The number of aromatic nitrogens is 1. The van der Waals surface area contributed by atoms with E-state index in [0.29, 0.717) is 26.1 Å². The number of hydrogen-bond acceptors (Lipinski definition) is 4. The monoisotopic (exact) mass is 448 g/mol. The van der Waals surface area contributed by atoms with Crippen LogP contribution in [0.25, 0.3) is 11.1 Å². The van der Waals surface area contributed by atoms with E-state index in [-0.39, 0.29) is 30.1 Å². The Hall–Kier alpha value is -3.22. The molecule has 1 aromatic heterocycles. The lowest BCUT2D eigenvalue weighted by Crippen LogP contribution is -2.55. The van der Waals surface area contributed by atoms with E-state index >= 15 is 0 Å². The number of piperidine rings is 1.